The third-order valence-electron chi connectivity index (χ3n) is 5.01. The van der Waals surface area contributed by atoms with E-state index >= 15 is 0 Å². The summed E-state index contributed by atoms with van der Waals surface area (Å²) in [5, 5.41) is 12.5. The van der Waals surface area contributed by atoms with Crippen molar-refractivity contribution < 1.29 is 9.50 Å². The summed E-state index contributed by atoms with van der Waals surface area (Å²) >= 11 is 0. The Kier molecular flexibility index (Phi) is 3.14. The Labute approximate surface area is 108 Å². The number of phenolic OH excluding ortho intramolecular Hbond substituents is 1. The second-order valence-corrected chi connectivity index (χ2v) is 6.41. The van der Waals surface area contributed by atoms with Crippen molar-refractivity contribution in [1.82, 2.24) is 5.32 Å². The van der Waals surface area contributed by atoms with Crippen LogP contribution in [-0.4, -0.2) is 11.7 Å². The van der Waals surface area contributed by atoms with E-state index in [0.29, 0.717) is 23.3 Å². The number of aromatic hydroxyl groups is 1. The van der Waals surface area contributed by atoms with Crippen molar-refractivity contribution in [2.75, 3.05) is 6.54 Å². The lowest BCUT2D eigenvalue weighted by Crippen LogP contribution is -2.18. The standard InChI is InChI=1S/C15H22FNO/c1-14(2)13(15(14,3)4)9-17-8-10-5-6-12(18)11(16)7-10/h5-7,13,17-18H,8-9H2,1-4H3. The molecular formula is C15H22FNO. The van der Waals surface area contributed by atoms with E-state index < -0.39 is 5.82 Å². The van der Waals surface area contributed by atoms with Crippen molar-refractivity contribution in [2.24, 2.45) is 16.7 Å². The number of hydrogen-bond donors (Lipinski definition) is 2. The highest BCUT2D eigenvalue weighted by molar-refractivity contribution is 5.28. The molecule has 1 saturated carbocycles. The predicted molar refractivity (Wildman–Crippen MR) is 70.8 cm³/mol. The SMILES string of the molecule is CC1(C)C(CNCc2ccc(O)c(F)c2)C1(C)C. The number of phenols is 1. The fraction of sp³-hybridized carbons (Fsp3) is 0.600. The van der Waals surface area contributed by atoms with Gasteiger partial charge in [0.1, 0.15) is 0 Å². The first-order valence-corrected chi connectivity index (χ1v) is 6.45. The van der Waals surface area contributed by atoms with Gasteiger partial charge >= 0.3 is 0 Å². The quantitative estimate of drug-likeness (QED) is 0.860. The first kappa shape index (κ1) is 13.3. The van der Waals surface area contributed by atoms with Gasteiger partial charge in [-0.15, -0.1) is 0 Å². The van der Waals surface area contributed by atoms with Crippen LogP contribution < -0.4 is 5.32 Å². The number of hydrogen-bond acceptors (Lipinski definition) is 2. The van der Waals surface area contributed by atoms with Crippen LogP contribution >= 0.6 is 0 Å². The Morgan fingerprint density at radius 3 is 2.33 bits per heavy atom. The molecule has 100 valence electrons. The summed E-state index contributed by atoms with van der Waals surface area (Å²) in [6, 6.07) is 4.53. The number of halogens is 1. The molecule has 2 N–H and O–H groups in total. The van der Waals surface area contributed by atoms with Crippen molar-refractivity contribution in [1.29, 1.82) is 0 Å². The first-order valence-electron chi connectivity index (χ1n) is 6.45. The van der Waals surface area contributed by atoms with Gasteiger partial charge in [-0.05, 0) is 41.0 Å². The smallest absolute Gasteiger partial charge is 0.165 e. The van der Waals surface area contributed by atoms with Gasteiger partial charge in [-0.25, -0.2) is 4.39 Å². The predicted octanol–water partition coefficient (Wildman–Crippen LogP) is 3.30. The molecule has 18 heavy (non-hydrogen) atoms. The number of rotatable bonds is 4. The molecule has 1 aromatic carbocycles. The maximum Gasteiger partial charge on any atom is 0.165 e. The Hall–Kier alpha value is -1.09. The molecule has 0 spiro atoms. The van der Waals surface area contributed by atoms with Crippen molar-refractivity contribution >= 4 is 0 Å². The van der Waals surface area contributed by atoms with Gasteiger partial charge in [-0.2, -0.15) is 0 Å². The van der Waals surface area contributed by atoms with Crippen molar-refractivity contribution in [3.8, 4) is 5.75 Å². The maximum atomic E-state index is 13.1. The van der Waals surface area contributed by atoms with Crippen LogP contribution in [-0.2, 0) is 6.54 Å². The molecule has 2 nitrogen and oxygen atoms in total. The summed E-state index contributed by atoms with van der Waals surface area (Å²) < 4.78 is 13.1. The zero-order chi connectivity index (χ0) is 13.6. The van der Waals surface area contributed by atoms with Gasteiger partial charge in [0.2, 0.25) is 0 Å². The summed E-state index contributed by atoms with van der Waals surface area (Å²) in [6.07, 6.45) is 0. The molecule has 1 fully saturated rings. The van der Waals surface area contributed by atoms with E-state index in [1.807, 2.05) is 0 Å². The van der Waals surface area contributed by atoms with Crippen LogP contribution in [0.25, 0.3) is 0 Å². The van der Waals surface area contributed by atoms with E-state index in [0.717, 1.165) is 12.1 Å². The largest absolute Gasteiger partial charge is 0.505 e. The van der Waals surface area contributed by atoms with E-state index in [9.17, 15) is 4.39 Å². The Morgan fingerprint density at radius 2 is 1.83 bits per heavy atom. The summed E-state index contributed by atoms with van der Waals surface area (Å²) in [4.78, 5) is 0. The molecule has 1 aliphatic rings. The topological polar surface area (TPSA) is 32.3 Å². The van der Waals surface area contributed by atoms with E-state index in [1.165, 1.54) is 12.1 Å². The lowest BCUT2D eigenvalue weighted by Gasteiger charge is -2.07. The molecule has 0 aliphatic heterocycles. The summed E-state index contributed by atoms with van der Waals surface area (Å²) in [5.74, 6) is -0.184. The Balaban J connectivity index is 1.85. The minimum atomic E-state index is -0.554. The second-order valence-electron chi connectivity index (χ2n) is 6.41. The van der Waals surface area contributed by atoms with Crippen LogP contribution in [0.2, 0.25) is 0 Å². The monoisotopic (exact) mass is 251 g/mol. The van der Waals surface area contributed by atoms with Gasteiger partial charge in [0.15, 0.2) is 11.6 Å². The molecule has 0 bridgehead atoms. The van der Waals surface area contributed by atoms with Gasteiger partial charge in [-0.3, -0.25) is 0 Å². The van der Waals surface area contributed by atoms with Gasteiger partial charge in [0.25, 0.3) is 0 Å². The molecule has 0 unspecified atom stereocenters. The van der Waals surface area contributed by atoms with Crippen molar-refractivity contribution in [3.63, 3.8) is 0 Å². The molecule has 2 rings (SSSR count). The summed E-state index contributed by atoms with van der Waals surface area (Å²) in [6.45, 7) is 10.8. The van der Waals surface area contributed by atoms with Crippen LogP contribution in [0.4, 0.5) is 4.39 Å². The van der Waals surface area contributed by atoms with Crippen LogP contribution in [0.5, 0.6) is 5.75 Å². The van der Waals surface area contributed by atoms with Crippen LogP contribution in [0.1, 0.15) is 33.3 Å². The Morgan fingerprint density at radius 1 is 1.22 bits per heavy atom. The fourth-order valence-corrected chi connectivity index (χ4v) is 2.86. The molecule has 1 aliphatic carbocycles. The molecule has 0 aromatic heterocycles. The maximum absolute atomic E-state index is 13.1. The molecule has 3 heteroatoms. The van der Waals surface area contributed by atoms with Gasteiger partial charge in [-0.1, -0.05) is 33.8 Å². The lowest BCUT2D eigenvalue weighted by molar-refractivity contribution is 0.431. The molecule has 0 saturated heterocycles. The third-order valence-corrected chi connectivity index (χ3v) is 5.01. The van der Waals surface area contributed by atoms with E-state index in [1.54, 1.807) is 6.07 Å². The Bertz CT molecular complexity index is 440. The normalized spacial score (nSPS) is 20.9. The van der Waals surface area contributed by atoms with Crippen LogP contribution in [0.15, 0.2) is 18.2 Å². The zero-order valence-corrected chi connectivity index (χ0v) is 11.5. The van der Waals surface area contributed by atoms with Crippen LogP contribution in [0, 0.1) is 22.6 Å². The van der Waals surface area contributed by atoms with E-state index in [2.05, 4.69) is 33.0 Å². The molecule has 1 aromatic rings. The highest BCUT2D eigenvalue weighted by atomic mass is 19.1. The minimum absolute atomic E-state index is 0.289. The summed E-state index contributed by atoms with van der Waals surface area (Å²) in [7, 11) is 0. The summed E-state index contributed by atoms with van der Waals surface area (Å²) in [5.41, 5.74) is 1.61. The van der Waals surface area contributed by atoms with E-state index in [-0.39, 0.29) is 5.75 Å². The molecule has 0 amide bonds. The highest BCUT2D eigenvalue weighted by Gasteiger charge is 2.63. The van der Waals surface area contributed by atoms with Crippen molar-refractivity contribution in [3.05, 3.63) is 29.6 Å². The van der Waals surface area contributed by atoms with Crippen LogP contribution in [0.3, 0.4) is 0 Å². The van der Waals surface area contributed by atoms with Gasteiger partial charge in [0, 0.05) is 6.54 Å². The molecule has 0 heterocycles. The third kappa shape index (κ3) is 2.12. The lowest BCUT2D eigenvalue weighted by atomic mass is 10.0. The number of benzene rings is 1. The number of nitrogens with one attached hydrogen (secondary N) is 1. The zero-order valence-electron chi connectivity index (χ0n) is 11.5. The van der Waals surface area contributed by atoms with Crippen molar-refractivity contribution in [2.45, 2.75) is 34.2 Å². The highest BCUT2D eigenvalue weighted by Crippen LogP contribution is 2.67. The second kappa shape index (κ2) is 4.23. The average molecular weight is 251 g/mol. The molecule has 0 atom stereocenters. The average Bonchev–Trinajstić information content (AvgIpc) is 2.65. The molecule has 0 radical (unpaired) electrons. The molecular weight excluding hydrogens is 229 g/mol. The minimum Gasteiger partial charge on any atom is -0.505 e. The van der Waals surface area contributed by atoms with E-state index in [4.69, 9.17) is 5.11 Å². The van der Waals surface area contributed by atoms with Gasteiger partial charge < -0.3 is 10.4 Å². The first-order chi connectivity index (χ1) is 8.26. The fourth-order valence-electron chi connectivity index (χ4n) is 2.86. The van der Waals surface area contributed by atoms with Gasteiger partial charge in [0.05, 0.1) is 0 Å².